The number of hydrogen-bond donors (Lipinski definition) is 0. The molecule has 2 heteroatoms. The second kappa shape index (κ2) is 5.94. The van der Waals surface area contributed by atoms with Gasteiger partial charge in [0.05, 0.1) is 5.92 Å². The minimum atomic E-state index is -0.0249. The molecule has 2 nitrogen and oxygen atoms in total. The molecule has 0 N–H and O–H groups in total. The number of hydrogen-bond acceptors (Lipinski definition) is 2. The van der Waals surface area contributed by atoms with E-state index in [9.17, 15) is 4.79 Å². The Labute approximate surface area is 116 Å². The van der Waals surface area contributed by atoms with Crippen molar-refractivity contribution in [2.45, 2.75) is 53.1 Å². The Bertz CT molecular complexity index is 394. The third-order valence-corrected chi connectivity index (χ3v) is 4.48. The van der Waals surface area contributed by atoms with E-state index >= 15 is 0 Å². The zero-order valence-electron chi connectivity index (χ0n) is 12.6. The number of fused-ring (bicyclic) bond motifs is 1. The van der Waals surface area contributed by atoms with Crippen LogP contribution in [0.15, 0.2) is 23.8 Å². The molecule has 0 heterocycles. The summed E-state index contributed by atoms with van der Waals surface area (Å²) in [5.74, 6) is 1.48. The summed E-state index contributed by atoms with van der Waals surface area (Å²) in [6.07, 6.45) is 9.85. The molecule has 2 aliphatic carbocycles. The summed E-state index contributed by atoms with van der Waals surface area (Å²) >= 11 is 0. The summed E-state index contributed by atoms with van der Waals surface area (Å²) in [6.45, 7) is 8.43. The second-order valence-corrected chi connectivity index (χ2v) is 6.34. The quantitative estimate of drug-likeness (QED) is 0.715. The third-order valence-electron chi connectivity index (χ3n) is 4.48. The van der Waals surface area contributed by atoms with Crippen LogP contribution in [0.2, 0.25) is 0 Å². The molecule has 0 spiro atoms. The van der Waals surface area contributed by atoms with E-state index in [2.05, 4.69) is 32.1 Å². The number of allylic oxidation sites excluding steroid dienone is 3. The van der Waals surface area contributed by atoms with Gasteiger partial charge in [-0.1, -0.05) is 45.9 Å². The number of rotatable bonds is 3. The number of carbonyl (C=O) groups is 1. The van der Waals surface area contributed by atoms with Crippen molar-refractivity contribution in [1.29, 1.82) is 0 Å². The van der Waals surface area contributed by atoms with Crippen molar-refractivity contribution in [1.82, 2.24) is 0 Å². The van der Waals surface area contributed by atoms with Gasteiger partial charge in [-0.05, 0) is 36.7 Å². The maximum atomic E-state index is 12.0. The molecule has 106 valence electrons. The van der Waals surface area contributed by atoms with E-state index in [1.54, 1.807) is 0 Å². The van der Waals surface area contributed by atoms with E-state index in [0.717, 1.165) is 19.3 Å². The molecule has 0 saturated heterocycles. The molecule has 0 radical (unpaired) electrons. The van der Waals surface area contributed by atoms with Crippen LogP contribution < -0.4 is 0 Å². The summed E-state index contributed by atoms with van der Waals surface area (Å²) in [5.41, 5.74) is 1.37. The standard InChI is InChI=1S/C17H26O2/c1-5-13(4)17(18)19-16-10-12(3)8-14-7-6-11(2)9-15(14)16/h6-8,11-13,15-16H,5,9-10H2,1-4H3/t11?,12-,13-,15?,16-/m0/s1. The van der Waals surface area contributed by atoms with Gasteiger partial charge >= 0.3 is 5.97 Å². The van der Waals surface area contributed by atoms with Crippen molar-refractivity contribution < 1.29 is 9.53 Å². The molecule has 0 amide bonds. The molecule has 0 bridgehead atoms. The Morgan fingerprint density at radius 3 is 2.79 bits per heavy atom. The smallest absolute Gasteiger partial charge is 0.308 e. The highest BCUT2D eigenvalue weighted by Gasteiger charge is 2.35. The molecule has 5 atom stereocenters. The van der Waals surface area contributed by atoms with Crippen LogP contribution in [0.25, 0.3) is 0 Å². The summed E-state index contributed by atoms with van der Waals surface area (Å²) < 4.78 is 5.82. The number of ether oxygens (including phenoxy) is 1. The first kappa shape index (κ1) is 14.4. The summed E-state index contributed by atoms with van der Waals surface area (Å²) in [5, 5.41) is 0. The van der Waals surface area contributed by atoms with Gasteiger partial charge < -0.3 is 4.74 Å². The Morgan fingerprint density at radius 2 is 2.11 bits per heavy atom. The van der Waals surface area contributed by atoms with E-state index in [-0.39, 0.29) is 18.0 Å². The first-order valence-electron chi connectivity index (χ1n) is 7.61. The first-order chi connectivity index (χ1) is 9.01. The van der Waals surface area contributed by atoms with Crippen LogP contribution in [0, 0.1) is 23.7 Å². The van der Waals surface area contributed by atoms with E-state index in [4.69, 9.17) is 4.74 Å². The molecule has 0 aromatic carbocycles. The fourth-order valence-electron chi connectivity index (χ4n) is 3.05. The lowest BCUT2D eigenvalue weighted by molar-refractivity contribution is -0.157. The third kappa shape index (κ3) is 3.29. The molecule has 2 unspecified atom stereocenters. The molecule has 0 fully saturated rings. The van der Waals surface area contributed by atoms with Crippen LogP contribution in [0.1, 0.15) is 47.0 Å². The number of carbonyl (C=O) groups excluding carboxylic acids is 1. The van der Waals surface area contributed by atoms with Crippen molar-refractivity contribution in [3.05, 3.63) is 23.8 Å². The molecule has 2 aliphatic rings. The van der Waals surface area contributed by atoms with Gasteiger partial charge in [-0.15, -0.1) is 0 Å². The first-order valence-corrected chi connectivity index (χ1v) is 7.61. The van der Waals surface area contributed by atoms with Crippen LogP contribution in [0.3, 0.4) is 0 Å². The molecule has 0 aliphatic heterocycles. The fourth-order valence-corrected chi connectivity index (χ4v) is 3.05. The molecular weight excluding hydrogens is 236 g/mol. The minimum absolute atomic E-state index is 0.0150. The lowest BCUT2D eigenvalue weighted by Crippen LogP contribution is -2.36. The fraction of sp³-hybridized carbons (Fsp3) is 0.706. The largest absolute Gasteiger partial charge is 0.461 e. The van der Waals surface area contributed by atoms with Crippen LogP contribution in [0.5, 0.6) is 0 Å². The highest BCUT2D eigenvalue weighted by atomic mass is 16.5. The lowest BCUT2D eigenvalue weighted by atomic mass is 9.73. The lowest BCUT2D eigenvalue weighted by Gasteiger charge is -2.37. The Kier molecular flexibility index (Phi) is 4.49. The number of esters is 1. The molecule has 2 rings (SSSR count). The van der Waals surface area contributed by atoms with Gasteiger partial charge in [-0.2, -0.15) is 0 Å². The van der Waals surface area contributed by atoms with Crippen molar-refractivity contribution in [2.75, 3.05) is 0 Å². The van der Waals surface area contributed by atoms with E-state index < -0.39 is 0 Å². The average molecular weight is 262 g/mol. The van der Waals surface area contributed by atoms with Crippen molar-refractivity contribution in [2.24, 2.45) is 23.7 Å². The van der Waals surface area contributed by atoms with Gasteiger partial charge in [0.2, 0.25) is 0 Å². The van der Waals surface area contributed by atoms with Crippen molar-refractivity contribution in [3.8, 4) is 0 Å². The van der Waals surface area contributed by atoms with Crippen molar-refractivity contribution in [3.63, 3.8) is 0 Å². The van der Waals surface area contributed by atoms with Gasteiger partial charge in [0, 0.05) is 5.92 Å². The summed E-state index contributed by atoms with van der Waals surface area (Å²) in [7, 11) is 0. The van der Waals surface area contributed by atoms with Crippen LogP contribution in [-0.2, 0) is 9.53 Å². The maximum absolute atomic E-state index is 12.0. The Balaban J connectivity index is 2.11. The van der Waals surface area contributed by atoms with Crippen molar-refractivity contribution >= 4 is 5.97 Å². The minimum Gasteiger partial charge on any atom is -0.461 e. The summed E-state index contributed by atoms with van der Waals surface area (Å²) in [4.78, 5) is 12.0. The SMILES string of the molecule is CC[C@H](C)C(=O)O[C@H]1C[C@@H](C)C=C2C=CC(C)CC21. The molecular formula is C17H26O2. The van der Waals surface area contributed by atoms with E-state index in [0.29, 0.717) is 17.8 Å². The predicted octanol–water partition coefficient (Wildman–Crippen LogP) is 4.12. The Morgan fingerprint density at radius 1 is 1.37 bits per heavy atom. The zero-order chi connectivity index (χ0) is 14.0. The molecule has 0 saturated carbocycles. The average Bonchev–Trinajstić information content (AvgIpc) is 2.38. The zero-order valence-corrected chi connectivity index (χ0v) is 12.6. The highest BCUT2D eigenvalue weighted by molar-refractivity contribution is 5.72. The van der Waals surface area contributed by atoms with E-state index in [1.807, 2.05) is 13.8 Å². The van der Waals surface area contributed by atoms with Gasteiger partial charge in [-0.25, -0.2) is 0 Å². The molecule has 19 heavy (non-hydrogen) atoms. The monoisotopic (exact) mass is 262 g/mol. The van der Waals surface area contributed by atoms with Crippen LogP contribution in [0.4, 0.5) is 0 Å². The Hall–Kier alpha value is -1.05. The molecule has 0 aromatic rings. The predicted molar refractivity (Wildman–Crippen MR) is 77.6 cm³/mol. The van der Waals surface area contributed by atoms with Gasteiger partial charge in [0.25, 0.3) is 0 Å². The van der Waals surface area contributed by atoms with Crippen LogP contribution in [-0.4, -0.2) is 12.1 Å². The van der Waals surface area contributed by atoms with Gasteiger partial charge in [0.1, 0.15) is 6.10 Å². The maximum Gasteiger partial charge on any atom is 0.308 e. The topological polar surface area (TPSA) is 26.3 Å². The molecule has 0 aromatic heterocycles. The van der Waals surface area contributed by atoms with E-state index in [1.165, 1.54) is 5.57 Å². The normalized spacial score (nSPS) is 35.3. The summed E-state index contributed by atoms with van der Waals surface area (Å²) in [6, 6.07) is 0. The van der Waals surface area contributed by atoms with Gasteiger partial charge in [0.15, 0.2) is 0 Å². The highest BCUT2D eigenvalue weighted by Crippen LogP contribution is 2.39. The van der Waals surface area contributed by atoms with Gasteiger partial charge in [-0.3, -0.25) is 4.79 Å². The second-order valence-electron chi connectivity index (χ2n) is 6.34. The van der Waals surface area contributed by atoms with Crippen LogP contribution >= 0.6 is 0 Å².